The molecule has 82 valence electrons. The minimum Gasteiger partial charge on any atom is -0.384 e. The fourth-order valence-electron chi connectivity index (χ4n) is 1.15. The van der Waals surface area contributed by atoms with Gasteiger partial charge in [-0.25, -0.2) is 0 Å². The first-order valence-corrected chi connectivity index (χ1v) is 5.17. The van der Waals surface area contributed by atoms with Crippen molar-refractivity contribution in [1.82, 2.24) is 0 Å². The maximum Gasteiger partial charge on any atom is 0.125 e. The molecule has 0 saturated heterocycles. The highest BCUT2D eigenvalue weighted by Crippen LogP contribution is 1.97. The SMILES string of the molecule is CC(C)OCCN=C(N)c1ccccc1. The van der Waals surface area contributed by atoms with E-state index < -0.39 is 0 Å². The summed E-state index contributed by atoms with van der Waals surface area (Å²) in [6, 6.07) is 9.74. The van der Waals surface area contributed by atoms with Crippen LogP contribution in [-0.4, -0.2) is 25.1 Å². The third-order valence-electron chi connectivity index (χ3n) is 1.89. The van der Waals surface area contributed by atoms with Gasteiger partial charge in [-0.05, 0) is 13.8 Å². The van der Waals surface area contributed by atoms with Crippen molar-refractivity contribution in [3.05, 3.63) is 35.9 Å². The van der Waals surface area contributed by atoms with Crippen LogP contribution in [0.1, 0.15) is 19.4 Å². The number of ether oxygens (including phenoxy) is 1. The minimum atomic E-state index is 0.248. The van der Waals surface area contributed by atoms with E-state index in [9.17, 15) is 0 Å². The lowest BCUT2D eigenvalue weighted by atomic mass is 10.2. The Labute approximate surface area is 91.0 Å². The molecule has 0 bridgehead atoms. The quantitative estimate of drug-likeness (QED) is 0.454. The molecule has 15 heavy (non-hydrogen) atoms. The minimum absolute atomic E-state index is 0.248. The summed E-state index contributed by atoms with van der Waals surface area (Å²) in [6.45, 7) is 5.23. The summed E-state index contributed by atoms with van der Waals surface area (Å²) in [6.07, 6.45) is 0.248. The van der Waals surface area contributed by atoms with E-state index in [4.69, 9.17) is 10.5 Å². The summed E-state index contributed by atoms with van der Waals surface area (Å²) in [4.78, 5) is 4.24. The first-order chi connectivity index (χ1) is 7.20. The van der Waals surface area contributed by atoms with Gasteiger partial charge in [-0.3, -0.25) is 4.99 Å². The molecule has 3 nitrogen and oxygen atoms in total. The predicted octanol–water partition coefficient (Wildman–Crippen LogP) is 1.82. The standard InChI is InChI=1S/C12H18N2O/c1-10(2)15-9-8-14-12(13)11-6-4-3-5-7-11/h3-7,10H,8-9H2,1-2H3,(H2,13,14). The molecular formula is C12H18N2O. The molecule has 0 radical (unpaired) electrons. The molecule has 1 aromatic rings. The second-order valence-electron chi connectivity index (χ2n) is 3.55. The van der Waals surface area contributed by atoms with Gasteiger partial charge >= 0.3 is 0 Å². The van der Waals surface area contributed by atoms with Crippen LogP contribution in [-0.2, 0) is 4.74 Å². The molecule has 0 heterocycles. The Kier molecular flexibility index (Phi) is 4.84. The van der Waals surface area contributed by atoms with Crippen LogP contribution in [0.25, 0.3) is 0 Å². The normalized spacial score (nSPS) is 12.1. The van der Waals surface area contributed by atoms with Gasteiger partial charge in [-0.1, -0.05) is 30.3 Å². The second-order valence-corrected chi connectivity index (χ2v) is 3.55. The van der Waals surface area contributed by atoms with Crippen molar-refractivity contribution in [2.45, 2.75) is 20.0 Å². The van der Waals surface area contributed by atoms with Crippen molar-refractivity contribution >= 4 is 5.84 Å². The van der Waals surface area contributed by atoms with Gasteiger partial charge in [0.2, 0.25) is 0 Å². The van der Waals surface area contributed by atoms with E-state index in [1.807, 2.05) is 44.2 Å². The molecule has 0 amide bonds. The molecule has 0 aliphatic heterocycles. The van der Waals surface area contributed by atoms with E-state index in [-0.39, 0.29) is 6.10 Å². The van der Waals surface area contributed by atoms with E-state index in [1.165, 1.54) is 0 Å². The van der Waals surface area contributed by atoms with E-state index in [2.05, 4.69) is 4.99 Å². The number of hydrogen-bond donors (Lipinski definition) is 1. The monoisotopic (exact) mass is 206 g/mol. The number of benzene rings is 1. The number of rotatable bonds is 5. The summed E-state index contributed by atoms with van der Waals surface area (Å²) < 4.78 is 5.37. The molecule has 0 fully saturated rings. The largest absolute Gasteiger partial charge is 0.384 e. The molecule has 0 unspecified atom stereocenters. The van der Waals surface area contributed by atoms with E-state index >= 15 is 0 Å². The van der Waals surface area contributed by atoms with Crippen LogP contribution >= 0.6 is 0 Å². The number of aliphatic imine (C=N–C) groups is 1. The van der Waals surface area contributed by atoms with Gasteiger partial charge in [0.05, 0.1) is 19.3 Å². The van der Waals surface area contributed by atoms with Crippen molar-refractivity contribution in [1.29, 1.82) is 0 Å². The number of nitrogens with two attached hydrogens (primary N) is 1. The van der Waals surface area contributed by atoms with Gasteiger partial charge in [-0.2, -0.15) is 0 Å². The van der Waals surface area contributed by atoms with Crippen LogP contribution in [0.5, 0.6) is 0 Å². The summed E-state index contributed by atoms with van der Waals surface area (Å²) in [5.74, 6) is 0.572. The van der Waals surface area contributed by atoms with Crippen LogP contribution in [0.3, 0.4) is 0 Å². The van der Waals surface area contributed by atoms with E-state index in [0.29, 0.717) is 19.0 Å². The summed E-state index contributed by atoms with van der Waals surface area (Å²) >= 11 is 0. The lowest BCUT2D eigenvalue weighted by molar-refractivity contribution is 0.0853. The van der Waals surface area contributed by atoms with Gasteiger partial charge < -0.3 is 10.5 Å². The van der Waals surface area contributed by atoms with Gasteiger partial charge in [0.25, 0.3) is 0 Å². The fourth-order valence-corrected chi connectivity index (χ4v) is 1.15. The first kappa shape index (κ1) is 11.7. The first-order valence-electron chi connectivity index (χ1n) is 5.17. The van der Waals surface area contributed by atoms with Gasteiger partial charge in [-0.15, -0.1) is 0 Å². The number of amidine groups is 1. The van der Waals surface area contributed by atoms with Crippen molar-refractivity contribution in [3.63, 3.8) is 0 Å². The highest BCUT2D eigenvalue weighted by Gasteiger charge is 1.96. The average Bonchev–Trinajstić information content (AvgIpc) is 2.25. The molecule has 1 rings (SSSR count). The van der Waals surface area contributed by atoms with Crippen molar-refractivity contribution in [2.24, 2.45) is 10.7 Å². The van der Waals surface area contributed by atoms with Crippen LogP contribution in [0.4, 0.5) is 0 Å². The van der Waals surface area contributed by atoms with E-state index in [1.54, 1.807) is 0 Å². The highest BCUT2D eigenvalue weighted by atomic mass is 16.5. The lowest BCUT2D eigenvalue weighted by Crippen LogP contribution is -2.15. The van der Waals surface area contributed by atoms with Crippen molar-refractivity contribution in [2.75, 3.05) is 13.2 Å². The molecule has 0 saturated carbocycles. The summed E-state index contributed by atoms with van der Waals surface area (Å²) in [7, 11) is 0. The second kappa shape index (κ2) is 6.19. The third kappa shape index (κ3) is 4.61. The predicted molar refractivity (Wildman–Crippen MR) is 63.1 cm³/mol. The Morgan fingerprint density at radius 1 is 1.33 bits per heavy atom. The molecule has 0 atom stereocenters. The Hall–Kier alpha value is -1.35. The molecule has 0 spiro atoms. The van der Waals surface area contributed by atoms with Crippen LogP contribution in [0, 0.1) is 0 Å². The highest BCUT2D eigenvalue weighted by molar-refractivity contribution is 5.97. The van der Waals surface area contributed by atoms with Gasteiger partial charge in [0, 0.05) is 5.56 Å². The van der Waals surface area contributed by atoms with Crippen LogP contribution in [0.2, 0.25) is 0 Å². The summed E-state index contributed by atoms with van der Waals surface area (Å²) in [5.41, 5.74) is 6.77. The van der Waals surface area contributed by atoms with Crippen molar-refractivity contribution < 1.29 is 4.74 Å². The van der Waals surface area contributed by atoms with Gasteiger partial charge in [0.15, 0.2) is 0 Å². The molecule has 0 aliphatic carbocycles. The van der Waals surface area contributed by atoms with Crippen molar-refractivity contribution in [3.8, 4) is 0 Å². The topological polar surface area (TPSA) is 47.6 Å². The summed E-state index contributed by atoms with van der Waals surface area (Å²) in [5, 5.41) is 0. The Bertz CT molecular complexity index is 307. The Morgan fingerprint density at radius 2 is 2.00 bits per heavy atom. The van der Waals surface area contributed by atoms with Crippen LogP contribution in [0.15, 0.2) is 35.3 Å². The van der Waals surface area contributed by atoms with Gasteiger partial charge in [0.1, 0.15) is 5.84 Å². The number of nitrogens with zero attached hydrogens (tertiary/aromatic N) is 1. The number of hydrogen-bond acceptors (Lipinski definition) is 2. The smallest absolute Gasteiger partial charge is 0.125 e. The molecule has 3 heteroatoms. The van der Waals surface area contributed by atoms with Crippen LogP contribution < -0.4 is 5.73 Å². The zero-order valence-corrected chi connectivity index (χ0v) is 9.31. The Morgan fingerprint density at radius 3 is 2.60 bits per heavy atom. The molecule has 0 aliphatic rings. The molecule has 0 aromatic heterocycles. The third-order valence-corrected chi connectivity index (χ3v) is 1.89. The zero-order chi connectivity index (χ0) is 11.1. The Balaban J connectivity index is 2.40. The maximum absolute atomic E-state index is 5.81. The average molecular weight is 206 g/mol. The maximum atomic E-state index is 5.81. The van der Waals surface area contributed by atoms with E-state index in [0.717, 1.165) is 5.56 Å². The molecular weight excluding hydrogens is 188 g/mol. The lowest BCUT2D eigenvalue weighted by Gasteiger charge is -2.05. The fraction of sp³-hybridized carbons (Fsp3) is 0.417. The zero-order valence-electron chi connectivity index (χ0n) is 9.31. The molecule has 1 aromatic carbocycles. The molecule has 2 N–H and O–H groups in total.